The molecule has 62 heavy (non-hydrogen) atoms. The van der Waals surface area contributed by atoms with E-state index in [0.717, 1.165) is 135 Å². The molecular formula is C56H88O6. The van der Waals surface area contributed by atoms with Crippen LogP contribution >= 0.6 is 0 Å². The van der Waals surface area contributed by atoms with Crippen molar-refractivity contribution in [3.05, 3.63) is 122 Å². The van der Waals surface area contributed by atoms with Gasteiger partial charge in [-0.05, 0) is 83.5 Å². The zero-order valence-electron chi connectivity index (χ0n) is 39.6. The zero-order chi connectivity index (χ0) is 45.1. The Labute approximate surface area is 380 Å². The van der Waals surface area contributed by atoms with Crippen LogP contribution in [0.4, 0.5) is 0 Å². The highest BCUT2D eigenvalue weighted by Crippen LogP contribution is 2.13. The average Bonchev–Trinajstić information content (AvgIpc) is 3.27. The number of rotatable bonds is 42. The molecule has 0 rings (SSSR count). The molecule has 0 aromatic carbocycles. The van der Waals surface area contributed by atoms with Crippen molar-refractivity contribution in [1.82, 2.24) is 0 Å². The standard InChI is InChI=1S/C56H88O6/c1-4-7-10-13-16-19-22-25-26-27-28-29-32-34-37-40-43-46-49-55(58)61-52-53(62-56(59)50-47-44-41-38-35-31-24-21-18-15-12-9-6-3)51-60-54(57)48-45-42-39-36-33-30-23-20-17-14-11-8-5-2/h8-9,11-12,14-29,53H,4-7,10,13,30-52H2,1-3H3/b11-8-,12-9-,17-14-,18-15-,19-16-,23-20-,24-21-,25-22-,27-26-,29-28-. The third-order valence-electron chi connectivity index (χ3n) is 9.90. The molecule has 0 saturated carbocycles. The molecule has 0 radical (unpaired) electrons. The average molecular weight is 857 g/mol. The minimum Gasteiger partial charge on any atom is -0.462 e. The van der Waals surface area contributed by atoms with Crippen LogP contribution in [0.15, 0.2) is 122 Å². The molecule has 6 nitrogen and oxygen atoms in total. The normalized spacial score (nSPS) is 13.1. The van der Waals surface area contributed by atoms with Crippen molar-refractivity contribution in [1.29, 1.82) is 0 Å². The Kier molecular flexibility index (Phi) is 46.1. The monoisotopic (exact) mass is 857 g/mol. The highest BCUT2D eigenvalue weighted by Gasteiger charge is 2.19. The number of carbonyl (C=O) groups excluding carboxylic acids is 3. The predicted molar refractivity (Wildman–Crippen MR) is 265 cm³/mol. The first-order valence-corrected chi connectivity index (χ1v) is 24.7. The van der Waals surface area contributed by atoms with Gasteiger partial charge in [-0.15, -0.1) is 0 Å². The molecule has 1 unspecified atom stereocenters. The fourth-order valence-corrected chi connectivity index (χ4v) is 6.22. The number of ether oxygens (including phenoxy) is 3. The Hall–Kier alpha value is -4.19. The van der Waals surface area contributed by atoms with E-state index in [4.69, 9.17) is 14.2 Å². The lowest BCUT2D eigenvalue weighted by atomic mass is 10.1. The minimum absolute atomic E-state index is 0.109. The van der Waals surface area contributed by atoms with Gasteiger partial charge in [-0.1, -0.05) is 213 Å². The number of unbranched alkanes of at least 4 members (excludes halogenated alkanes) is 18. The first-order valence-electron chi connectivity index (χ1n) is 24.7. The van der Waals surface area contributed by atoms with Crippen LogP contribution in [-0.2, 0) is 28.6 Å². The molecular weight excluding hydrogens is 769 g/mol. The van der Waals surface area contributed by atoms with Gasteiger partial charge in [0.05, 0.1) is 0 Å². The van der Waals surface area contributed by atoms with E-state index in [0.29, 0.717) is 12.8 Å². The maximum Gasteiger partial charge on any atom is 0.306 e. The van der Waals surface area contributed by atoms with Gasteiger partial charge in [0.2, 0.25) is 0 Å². The van der Waals surface area contributed by atoms with Gasteiger partial charge in [0.1, 0.15) is 13.2 Å². The van der Waals surface area contributed by atoms with E-state index in [1.165, 1.54) is 19.3 Å². The van der Waals surface area contributed by atoms with Crippen molar-refractivity contribution in [3.8, 4) is 0 Å². The lowest BCUT2D eigenvalue weighted by molar-refractivity contribution is -0.167. The van der Waals surface area contributed by atoms with Crippen LogP contribution in [0.2, 0.25) is 0 Å². The highest BCUT2D eigenvalue weighted by molar-refractivity contribution is 5.71. The lowest BCUT2D eigenvalue weighted by Crippen LogP contribution is -2.30. The molecule has 0 spiro atoms. The van der Waals surface area contributed by atoms with Crippen LogP contribution in [0.3, 0.4) is 0 Å². The summed E-state index contributed by atoms with van der Waals surface area (Å²) >= 11 is 0. The van der Waals surface area contributed by atoms with Gasteiger partial charge in [-0.2, -0.15) is 0 Å². The summed E-state index contributed by atoms with van der Waals surface area (Å²) in [6, 6.07) is 0. The van der Waals surface area contributed by atoms with Crippen LogP contribution in [0.1, 0.15) is 194 Å². The molecule has 1 atom stereocenters. The van der Waals surface area contributed by atoms with E-state index in [-0.39, 0.29) is 37.5 Å². The smallest absolute Gasteiger partial charge is 0.306 e. The Bertz CT molecular complexity index is 1350. The van der Waals surface area contributed by atoms with Gasteiger partial charge in [0, 0.05) is 19.3 Å². The van der Waals surface area contributed by atoms with Gasteiger partial charge in [0.15, 0.2) is 6.10 Å². The molecule has 0 aliphatic carbocycles. The van der Waals surface area contributed by atoms with Gasteiger partial charge in [-0.25, -0.2) is 0 Å². The second-order valence-electron chi connectivity index (χ2n) is 15.8. The lowest BCUT2D eigenvalue weighted by Gasteiger charge is -2.18. The Balaban J connectivity index is 4.51. The molecule has 0 aliphatic rings. The number of esters is 3. The molecule has 0 aromatic heterocycles. The predicted octanol–water partition coefficient (Wildman–Crippen LogP) is 16.1. The first-order chi connectivity index (χ1) is 30.5. The summed E-state index contributed by atoms with van der Waals surface area (Å²) in [6.45, 7) is 6.25. The molecule has 0 amide bonds. The second kappa shape index (κ2) is 49.5. The molecule has 0 heterocycles. The highest BCUT2D eigenvalue weighted by atomic mass is 16.6. The maximum absolute atomic E-state index is 12.8. The number of carbonyl (C=O) groups is 3. The van der Waals surface area contributed by atoms with Crippen molar-refractivity contribution < 1.29 is 28.6 Å². The fourth-order valence-electron chi connectivity index (χ4n) is 6.22. The van der Waals surface area contributed by atoms with Crippen molar-refractivity contribution in [2.45, 2.75) is 200 Å². The third kappa shape index (κ3) is 46.9. The molecule has 0 aliphatic heterocycles. The minimum atomic E-state index is -0.810. The summed E-state index contributed by atoms with van der Waals surface area (Å²) in [5.41, 5.74) is 0. The van der Waals surface area contributed by atoms with Crippen LogP contribution in [0.25, 0.3) is 0 Å². The van der Waals surface area contributed by atoms with E-state index >= 15 is 0 Å². The molecule has 6 heteroatoms. The van der Waals surface area contributed by atoms with Crippen molar-refractivity contribution in [2.75, 3.05) is 13.2 Å². The summed E-state index contributed by atoms with van der Waals surface area (Å²) in [5.74, 6) is -0.982. The van der Waals surface area contributed by atoms with E-state index in [2.05, 4.69) is 130 Å². The second-order valence-corrected chi connectivity index (χ2v) is 15.8. The zero-order valence-corrected chi connectivity index (χ0v) is 39.6. The van der Waals surface area contributed by atoms with Crippen molar-refractivity contribution in [2.24, 2.45) is 0 Å². The topological polar surface area (TPSA) is 78.9 Å². The summed E-state index contributed by atoms with van der Waals surface area (Å²) in [7, 11) is 0. The SMILES string of the molecule is CC\C=C/C=C\C=C/CCCCCCCC(=O)OCC(COC(=O)CCCCCCC\C=C/C=C\C=C/C=C\CCCCC)OC(=O)CCCCCCC\C=C/C=C\C=C/CC. The number of allylic oxidation sites excluding steroid dienone is 20. The summed E-state index contributed by atoms with van der Waals surface area (Å²) in [4.78, 5) is 37.9. The number of hydrogen-bond donors (Lipinski definition) is 0. The first kappa shape index (κ1) is 57.8. The Morgan fingerprint density at radius 3 is 0.984 bits per heavy atom. The van der Waals surface area contributed by atoms with Crippen LogP contribution in [-0.4, -0.2) is 37.2 Å². The number of hydrogen-bond acceptors (Lipinski definition) is 6. The quantitative estimate of drug-likeness (QED) is 0.0263. The molecule has 0 bridgehead atoms. The van der Waals surface area contributed by atoms with Crippen molar-refractivity contribution in [3.63, 3.8) is 0 Å². The van der Waals surface area contributed by atoms with Gasteiger partial charge >= 0.3 is 17.9 Å². The van der Waals surface area contributed by atoms with E-state index in [9.17, 15) is 14.4 Å². The Morgan fingerprint density at radius 1 is 0.339 bits per heavy atom. The van der Waals surface area contributed by atoms with Crippen LogP contribution in [0, 0.1) is 0 Å². The summed E-state index contributed by atoms with van der Waals surface area (Å²) in [5, 5.41) is 0. The largest absolute Gasteiger partial charge is 0.462 e. The Morgan fingerprint density at radius 2 is 0.629 bits per heavy atom. The van der Waals surface area contributed by atoms with E-state index in [1.807, 2.05) is 12.2 Å². The van der Waals surface area contributed by atoms with Gasteiger partial charge in [0.25, 0.3) is 0 Å². The van der Waals surface area contributed by atoms with E-state index in [1.54, 1.807) is 0 Å². The fraction of sp³-hybridized carbons (Fsp3) is 0.589. The molecule has 348 valence electrons. The maximum atomic E-state index is 12.8. The summed E-state index contributed by atoms with van der Waals surface area (Å²) in [6.07, 6.45) is 67.4. The molecule has 0 N–H and O–H groups in total. The third-order valence-corrected chi connectivity index (χ3v) is 9.90. The van der Waals surface area contributed by atoms with Gasteiger partial charge < -0.3 is 14.2 Å². The molecule has 0 aromatic rings. The van der Waals surface area contributed by atoms with Gasteiger partial charge in [-0.3, -0.25) is 14.4 Å². The summed E-state index contributed by atoms with van der Waals surface area (Å²) < 4.78 is 16.7. The van der Waals surface area contributed by atoms with Crippen LogP contribution < -0.4 is 0 Å². The van der Waals surface area contributed by atoms with Crippen LogP contribution in [0.5, 0.6) is 0 Å². The molecule has 0 fully saturated rings. The molecule has 0 saturated heterocycles. The van der Waals surface area contributed by atoms with Crippen molar-refractivity contribution >= 4 is 17.9 Å². The van der Waals surface area contributed by atoms with E-state index < -0.39 is 6.10 Å².